The third-order valence-electron chi connectivity index (χ3n) is 2.15. The third kappa shape index (κ3) is 1.21. The number of ether oxygens (including phenoxy) is 1. The third-order valence-corrected chi connectivity index (χ3v) is 2.15. The second kappa shape index (κ2) is 3.06. The highest BCUT2D eigenvalue weighted by molar-refractivity contribution is 5.96. The Morgan fingerprint density at radius 1 is 1.29 bits per heavy atom. The van der Waals surface area contributed by atoms with Crippen molar-refractivity contribution in [3.05, 3.63) is 24.4 Å². The van der Waals surface area contributed by atoms with Gasteiger partial charge in [-0.05, 0) is 18.2 Å². The van der Waals surface area contributed by atoms with Gasteiger partial charge in [-0.15, -0.1) is 0 Å². The van der Waals surface area contributed by atoms with Gasteiger partial charge in [0.15, 0.2) is 0 Å². The van der Waals surface area contributed by atoms with Crippen LogP contribution in [0.3, 0.4) is 0 Å². The summed E-state index contributed by atoms with van der Waals surface area (Å²) in [5.74, 6) is 0.747. The summed E-state index contributed by atoms with van der Waals surface area (Å²) in [6.45, 7) is 0. The predicted molar refractivity (Wildman–Crippen MR) is 57.1 cm³/mol. The summed E-state index contributed by atoms with van der Waals surface area (Å²) >= 11 is 0. The lowest BCUT2D eigenvalue weighted by atomic mass is 10.1. The van der Waals surface area contributed by atoms with E-state index in [4.69, 9.17) is 16.2 Å². The molecular weight excluding hydrogens is 178 g/mol. The van der Waals surface area contributed by atoms with Gasteiger partial charge in [-0.3, -0.25) is 4.98 Å². The van der Waals surface area contributed by atoms with Gasteiger partial charge in [0.2, 0.25) is 0 Å². The summed E-state index contributed by atoms with van der Waals surface area (Å²) in [4.78, 5) is 4.16. The summed E-state index contributed by atoms with van der Waals surface area (Å²) in [6, 6.07) is 5.52. The van der Waals surface area contributed by atoms with Crippen LogP contribution in [0.25, 0.3) is 10.9 Å². The summed E-state index contributed by atoms with van der Waals surface area (Å²) in [5, 5.41) is 0.823. The van der Waals surface area contributed by atoms with Crippen molar-refractivity contribution < 1.29 is 4.74 Å². The highest BCUT2D eigenvalue weighted by Gasteiger charge is 2.03. The Hall–Kier alpha value is -1.97. The monoisotopic (exact) mass is 189 g/mol. The Kier molecular flexibility index (Phi) is 1.89. The molecule has 0 saturated heterocycles. The number of nitrogen functional groups attached to an aromatic ring is 2. The summed E-state index contributed by atoms with van der Waals surface area (Å²) < 4.78 is 5.09. The van der Waals surface area contributed by atoms with Crippen molar-refractivity contribution in [2.75, 3.05) is 18.6 Å². The Balaban J connectivity index is 2.78. The molecule has 0 unspecified atom stereocenters. The second-order valence-electron chi connectivity index (χ2n) is 3.01. The number of benzene rings is 1. The van der Waals surface area contributed by atoms with Crippen molar-refractivity contribution in [1.29, 1.82) is 0 Å². The zero-order valence-electron chi connectivity index (χ0n) is 7.82. The van der Waals surface area contributed by atoms with Crippen LogP contribution < -0.4 is 16.2 Å². The average molecular weight is 189 g/mol. The minimum absolute atomic E-state index is 0.491. The maximum atomic E-state index is 5.82. The Bertz CT molecular complexity index is 482. The van der Waals surface area contributed by atoms with Crippen molar-refractivity contribution in [1.82, 2.24) is 4.98 Å². The number of fused-ring (bicyclic) bond motifs is 1. The lowest BCUT2D eigenvalue weighted by molar-refractivity contribution is 0.415. The van der Waals surface area contributed by atoms with Crippen LogP contribution in [0.2, 0.25) is 0 Å². The molecule has 0 fully saturated rings. The van der Waals surface area contributed by atoms with Crippen LogP contribution >= 0.6 is 0 Å². The molecule has 2 aromatic rings. The maximum Gasteiger partial charge on any atom is 0.119 e. The molecule has 1 heterocycles. The molecule has 0 spiro atoms. The quantitative estimate of drug-likeness (QED) is 0.711. The standard InChI is InChI=1S/C10H11N3O/c1-14-6-2-3-9-7(4-6)10(12)8(11)5-13-9/h2-5H,11H2,1H3,(H2,12,13). The first-order chi connectivity index (χ1) is 6.72. The number of rotatable bonds is 1. The van der Waals surface area contributed by atoms with E-state index in [0.717, 1.165) is 16.7 Å². The molecule has 1 aromatic carbocycles. The SMILES string of the molecule is COc1ccc2ncc(N)c(N)c2c1. The first-order valence-electron chi connectivity index (χ1n) is 4.20. The van der Waals surface area contributed by atoms with Crippen LogP contribution in [0.5, 0.6) is 5.75 Å². The molecule has 4 heteroatoms. The Morgan fingerprint density at radius 2 is 2.07 bits per heavy atom. The number of aromatic nitrogens is 1. The fourth-order valence-electron chi connectivity index (χ4n) is 1.33. The lowest BCUT2D eigenvalue weighted by Gasteiger charge is -2.06. The number of nitrogens with two attached hydrogens (primary N) is 2. The van der Waals surface area contributed by atoms with Crippen LogP contribution in [0.1, 0.15) is 0 Å². The van der Waals surface area contributed by atoms with Gasteiger partial charge in [0.25, 0.3) is 0 Å². The molecule has 0 aliphatic heterocycles. The Labute approximate surface area is 81.5 Å². The molecular formula is C10H11N3O. The minimum atomic E-state index is 0.491. The molecule has 72 valence electrons. The van der Waals surface area contributed by atoms with Crippen LogP contribution in [0.4, 0.5) is 11.4 Å². The van der Waals surface area contributed by atoms with Gasteiger partial charge in [-0.25, -0.2) is 0 Å². The predicted octanol–water partition coefficient (Wildman–Crippen LogP) is 1.41. The molecule has 0 aliphatic rings. The lowest BCUT2D eigenvalue weighted by Crippen LogP contribution is -1.97. The van der Waals surface area contributed by atoms with Crippen molar-refractivity contribution in [2.45, 2.75) is 0 Å². The number of nitrogens with zero attached hydrogens (tertiary/aromatic N) is 1. The zero-order valence-corrected chi connectivity index (χ0v) is 7.82. The maximum absolute atomic E-state index is 5.82. The highest BCUT2D eigenvalue weighted by atomic mass is 16.5. The molecule has 1 aromatic heterocycles. The van der Waals surface area contributed by atoms with E-state index in [2.05, 4.69) is 4.98 Å². The van der Waals surface area contributed by atoms with E-state index in [1.54, 1.807) is 13.3 Å². The van der Waals surface area contributed by atoms with E-state index >= 15 is 0 Å². The first kappa shape index (κ1) is 8.62. The molecule has 0 radical (unpaired) electrons. The van der Waals surface area contributed by atoms with Gasteiger partial charge in [-0.1, -0.05) is 0 Å². The number of hydrogen-bond acceptors (Lipinski definition) is 4. The largest absolute Gasteiger partial charge is 0.497 e. The highest BCUT2D eigenvalue weighted by Crippen LogP contribution is 2.27. The molecule has 0 bridgehead atoms. The van der Waals surface area contributed by atoms with E-state index < -0.39 is 0 Å². The normalized spacial score (nSPS) is 10.4. The zero-order chi connectivity index (χ0) is 10.1. The molecule has 0 atom stereocenters. The van der Waals surface area contributed by atoms with Gasteiger partial charge in [-0.2, -0.15) is 0 Å². The molecule has 2 rings (SSSR count). The van der Waals surface area contributed by atoms with Gasteiger partial charge >= 0.3 is 0 Å². The molecule has 0 amide bonds. The second-order valence-corrected chi connectivity index (χ2v) is 3.01. The first-order valence-corrected chi connectivity index (χ1v) is 4.20. The number of hydrogen-bond donors (Lipinski definition) is 2. The van der Waals surface area contributed by atoms with Gasteiger partial charge in [0.1, 0.15) is 5.75 Å². The fraction of sp³-hybridized carbons (Fsp3) is 0.100. The van der Waals surface area contributed by atoms with Crippen molar-refractivity contribution in [2.24, 2.45) is 0 Å². The van der Waals surface area contributed by atoms with E-state index in [0.29, 0.717) is 11.4 Å². The molecule has 0 aliphatic carbocycles. The number of anilines is 2. The Morgan fingerprint density at radius 3 is 2.79 bits per heavy atom. The summed E-state index contributed by atoms with van der Waals surface area (Å²) in [6.07, 6.45) is 1.56. The van der Waals surface area contributed by atoms with Crippen molar-refractivity contribution >= 4 is 22.3 Å². The topological polar surface area (TPSA) is 74.2 Å². The average Bonchev–Trinajstić information content (AvgIpc) is 2.23. The van der Waals surface area contributed by atoms with Crippen molar-refractivity contribution in [3.8, 4) is 5.75 Å². The van der Waals surface area contributed by atoms with E-state index in [1.807, 2.05) is 18.2 Å². The minimum Gasteiger partial charge on any atom is -0.497 e. The van der Waals surface area contributed by atoms with Crippen molar-refractivity contribution in [3.63, 3.8) is 0 Å². The number of pyridine rings is 1. The molecule has 4 nitrogen and oxygen atoms in total. The fourth-order valence-corrected chi connectivity index (χ4v) is 1.33. The molecule has 14 heavy (non-hydrogen) atoms. The van der Waals surface area contributed by atoms with E-state index in [9.17, 15) is 0 Å². The van der Waals surface area contributed by atoms with Crippen LogP contribution in [-0.2, 0) is 0 Å². The van der Waals surface area contributed by atoms with E-state index in [-0.39, 0.29) is 0 Å². The number of methoxy groups -OCH3 is 1. The smallest absolute Gasteiger partial charge is 0.119 e. The van der Waals surface area contributed by atoms with Crippen LogP contribution in [0.15, 0.2) is 24.4 Å². The summed E-state index contributed by atoms with van der Waals surface area (Å²) in [7, 11) is 1.61. The van der Waals surface area contributed by atoms with Gasteiger partial charge in [0, 0.05) is 5.39 Å². The van der Waals surface area contributed by atoms with E-state index in [1.165, 1.54) is 0 Å². The van der Waals surface area contributed by atoms with Gasteiger partial charge in [0.05, 0.1) is 30.2 Å². The molecule has 0 saturated carbocycles. The summed E-state index contributed by atoms with van der Waals surface area (Å²) in [5.41, 5.74) is 13.3. The van der Waals surface area contributed by atoms with Crippen LogP contribution in [0, 0.1) is 0 Å². The van der Waals surface area contributed by atoms with Crippen LogP contribution in [-0.4, -0.2) is 12.1 Å². The molecule has 4 N–H and O–H groups in total. The van der Waals surface area contributed by atoms with Gasteiger partial charge < -0.3 is 16.2 Å².